The minimum absolute atomic E-state index is 0.0259. The van der Waals surface area contributed by atoms with Gasteiger partial charge in [-0.1, -0.05) is 6.07 Å². The van der Waals surface area contributed by atoms with Crippen LogP contribution in [-0.4, -0.2) is 42.7 Å². The lowest BCUT2D eigenvalue weighted by Gasteiger charge is -2.15. The molecule has 1 heterocycles. The molecule has 0 saturated carbocycles. The molecule has 0 bridgehead atoms. The van der Waals surface area contributed by atoms with Crippen molar-refractivity contribution in [2.45, 2.75) is 24.7 Å². The minimum Gasteiger partial charge on any atom is -0.507 e. The number of phenolic OH excluding ortho intramolecular Hbond substituents is 1. The molecule has 9 heteroatoms. The first-order valence-electron chi connectivity index (χ1n) is 8.79. The molecule has 0 spiro atoms. The van der Waals surface area contributed by atoms with Gasteiger partial charge in [-0.2, -0.15) is 4.31 Å². The number of phenols is 1. The van der Waals surface area contributed by atoms with Crippen molar-refractivity contribution in [1.82, 2.24) is 15.2 Å². The highest BCUT2D eigenvalue weighted by Crippen LogP contribution is 2.21. The Morgan fingerprint density at radius 1 is 0.964 bits per heavy atom. The fraction of sp³-hybridized carbons (Fsp3) is 0.263. The highest BCUT2D eigenvalue weighted by molar-refractivity contribution is 7.89. The molecule has 3 N–H and O–H groups in total. The van der Waals surface area contributed by atoms with E-state index in [2.05, 4.69) is 10.9 Å². The number of carbonyl (C=O) groups is 2. The van der Waals surface area contributed by atoms with Gasteiger partial charge in [0.2, 0.25) is 10.0 Å². The van der Waals surface area contributed by atoms with Crippen molar-refractivity contribution in [3.05, 3.63) is 59.2 Å². The van der Waals surface area contributed by atoms with Gasteiger partial charge >= 0.3 is 0 Å². The fourth-order valence-electron chi connectivity index (χ4n) is 2.94. The summed E-state index contributed by atoms with van der Waals surface area (Å²) in [5.41, 5.74) is 5.47. The van der Waals surface area contributed by atoms with Crippen molar-refractivity contribution in [2.24, 2.45) is 0 Å². The van der Waals surface area contributed by atoms with Gasteiger partial charge in [0.25, 0.3) is 11.8 Å². The molecule has 1 aliphatic rings. The van der Waals surface area contributed by atoms with E-state index in [9.17, 15) is 23.1 Å². The molecule has 1 fully saturated rings. The molecule has 1 saturated heterocycles. The Hall–Kier alpha value is -2.91. The topological polar surface area (TPSA) is 116 Å². The molecule has 0 radical (unpaired) electrons. The van der Waals surface area contributed by atoms with Crippen LogP contribution in [-0.2, 0) is 10.0 Å². The number of rotatable bonds is 4. The average Bonchev–Trinajstić information content (AvgIpc) is 3.21. The Morgan fingerprint density at radius 2 is 1.57 bits per heavy atom. The number of amides is 2. The highest BCUT2D eigenvalue weighted by Gasteiger charge is 2.27. The number of nitrogens with one attached hydrogen (secondary N) is 2. The zero-order valence-electron chi connectivity index (χ0n) is 15.3. The summed E-state index contributed by atoms with van der Waals surface area (Å²) in [4.78, 5) is 24.4. The Bertz CT molecular complexity index is 997. The van der Waals surface area contributed by atoms with Gasteiger partial charge in [-0.05, 0) is 61.7 Å². The van der Waals surface area contributed by atoms with Crippen LogP contribution in [0.2, 0.25) is 0 Å². The average molecular weight is 403 g/mol. The third kappa shape index (κ3) is 4.15. The van der Waals surface area contributed by atoms with E-state index < -0.39 is 21.8 Å². The molecule has 2 amide bonds. The van der Waals surface area contributed by atoms with Crippen LogP contribution >= 0.6 is 0 Å². The van der Waals surface area contributed by atoms with Crippen LogP contribution in [0, 0.1) is 6.92 Å². The van der Waals surface area contributed by atoms with E-state index >= 15 is 0 Å². The minimum atomic E-state index is -3.55. The summed E-state index contributed by atoms with van der Waals surface area (Å²) in [6, 6.07) is 10.1. The number of hydrazine groups is 1. The summed E-state index contributed by atoms with van der Waals surface area (Å²) in [5, 5.41) is 9.81. The largest absolute Gasteiger partial charge is 0.507 e. The second-order valence-corrected chi connectivity index (χ2v) is 8.50. The van der Waals surface area contributed by atoms with Crippen molar-refractivity contribution in [3.63, 3.8) is 0 Å². The van der Waals surface area contributed by atoms with Crippen LogP contribution in [0.25, 0.3) is 0 Å². The predicted octanol–water partition coefficient (Wildman–Crippen LogP) is 1.56. The molecule has 0 unspecified atom stereocenters. The van der Waals surface area contributed by atoms with Crippen LogP contribution in [0.5, 0.6) is 5.75 Å². The van der Waals surface area contributed by atoms with Crippen LogP contribution in [0.3, 0.4) is 0 Å². The Balaban J connectivity index is 1.64. The lowest BCUT2D eigenvalue weighted by molar-refractivity contribution is 0.0845. The van der Waals surface area contributed by atoms with Crippen LogP contribution in [0.1, 0.15) is 39.1 Å². The third-order valence-corrected chi connectivity index (χ3v) is 6.42. The monoisotopic (exact) mass is 403 g/mol. The van der Waals surface area contributed by atoms with E-state index in [1.807, 2.05) is 0 Å². The van der Waals surface area contributed by atoms with Crippen LogP contribution in [0.15, 0.2) is 47.4 Å². The Morgan fingerprint density at radius 3 is 2.18 bits per heavy atom. The number of hydrogen-bond donors (Lipinski definition) is 3. The molecular formula is C19H21N3O5S. The van der Waals surface area contributed by atoms with E-state index in [1.54, 1.807) is 13.0 Å². The number of aromatic hydroxyl groups is 1. The second-order valence-electron chi connectivity index (χ2n) is 6.56. The first-order chi connectivity index (χ1) is 13.3. The number of nitrogens with zero attached hydrogens (tertiary/aromatic N) is 1. The van der Waals surface area contributed by atoms with Crippen LogP contribution in [0.4, 0.5) is 0 Å². The molecular weight excluding hydrogens is 382 g/mol. The lowest BCUT2D eigenvalue weighted by Crippen LogP contribution is -2.41. The van der Waals surface area contributed by atoms with E-state index in [1.165, 1.54) is 40.7 Å². The molecule has 0 aliphatic carbocycles. The summed E-state index contributed by atoms with van der Waals surface area (Å²) in [7, 11) is -3.55. The van der Waals surface area contributed by atoms with Crippen LogP contribution < -0.4 is 10.9 Å². The maximum absolute atomic E-state index is 12.5. The smallest absolute Gasteiger partial charge is 0.273 e. The van der Waals surface area contributed by atoms with E-state index in [0.717, 1.165) is 18.4 Å². The van der Waals surface area contributed by atoms with Crippen molar-refractivity contribution in [2.75, 3.05) is 13.1 Å². The van der Waals surface area contributed by atoms with Gasteiger partial charge in [0.05, 0.1) is 10.5 Å². The molecule has 0 atom stereocenters. The Kier molecular flexibility index (Phi) is 5.66. The van der Waals surface area contributed by atoms with Crippen molar-refractivity contribution < 1.29 is 23.1 Å². The first kappa shape index (κ1) is 19.8. The van der Waals surface area contributed by atoms with Gasteiger partial charge in [0, 0.05) is 18.7 Å². The summed E-state index contributed by atoms with van der Waals surface area (Å²) >= 11 is 0. The van der Waals surface area contributed by atoms with E-state index in [4.69, 9.17) is 0 Å². The Labute approximate surface area is 163 Å². The van der Waals surface area contributed by atoms with Gasteiger partial charge < -0.3 is 5.11 Å². The number of benzene rings is 2. The summed E-state index contributed by atoms with van der Waals surface area (Å²) in [6.07, 6.45) is 1.69. The van der Waals surface area contributed by atoms with Gasteiger partial charge in [-0.15, -0.1) is 0 Å². The van der Waals surface area contributed by atoms with Gasteiger partial charge in [-0.3, -0.25) is 20.4 Å². The van der Waals surface area contributed by atoms with Gasteiger partial charge in [0.15, 0.2) is 0 Å². The summed E-state index contributed by atoms with van der Waals surface area (Å²) < 4.78 is 26.4. The fourth-order valence-corrected chi connectivity index (χ4v) is 4.46. The zero-order valence-corrected chi connectivity index (χ0v) is 16.1. The second kappa shape index (κ2) is 7.99. The first-order valence-corrected chi connectivity index (χ1v) is 10.2. The summed E-state index contributed by atoms with van der Waals surface area (Å²) in [5.74, 6) is -1.47. The van der Waals surface area contributed by atoms with Crippen molar-refractivity contribution in [3.8, 4) is 5.75 Å². The van der Waals surface area contributed by atoms with Gasteiger partial charge in [-0.25, -0.2) is 8.42 Å². The molecule has 28 heavy (non-hydrogen) atoms. The molecule has 3 rings (SSSR count). The lowest BCUT2D eigenvalue weighted by atomic mass is 10.1. The molecule has 0 aromatic heterocycles. The normalized spacial score (nSPS) is 14.6. The quantitative estimate of drug-likeness (QED) is 0.670. The molecule has 2 aromatic carbocycles. The third-order valence-electron chi connectivity index (χ3n) is 4.51. The number of hydrogen-bond acceptors (Lipinski definition) is 5. The van der Waals surface area contributed by atoms with Crippen molar-refractivity contribution >= 4 is 21.8 Å². The molecule has 1 aliphatic heterocycles. The van der Waals surface area contributed by atoms with Gasteiger partial charge in [0.1, 0.15) is 5.75 Å². The maximum Gasteiger partial charge on any atom is 0.273 e. The highest BCUT2D eigenvalue weighted by atomic mass is 32.2. The SMILES string of the molecule is Cc1ccc(C(=O)NNC(=O)c2ccc(S(=O)(=O)N3CCCC3)cc2)c(O)c1. The molecule has 8 nitrogen and oxygen atoms in total. The van der Waals surface area contributed by atoms with E-state index in [-0.39, 0.29) is 21.8 Å². The van der Waals surface area contributed by atoms with Crippen molar-refractivity contribution in [1.29, 1.82) is 0 Å². The number of aryl methyl sites for hydroxylation is 1. The number of sulfonamides is 1. The standard InChI is InChI=1S/C19H21N3O5S/c1-13-4-9-16(17(23)12-13)19(25)21-20-18(24)14-5-7-15(8-6-14)28(26,27)22-10-2-3-11-22/h4-9,12,23H,2-3,10-11H2,1H3,(H,20,24)(H,21,25). The summed E-state index contributed by atoms with van der Waals surface area (Å²) in [6.45, 7) is 2.78. The van der Waals surface area contributed by atoms with E-state index in [0.29, 0.717) is 13.1 Å². The number of carbonyl (C=O) groups excluding carboxylic acids is 2. The molecule has 148 valence electrons. The molecule has 2 aromatic rings. The zero-order chi connectivity index (χ0) is 20.3. The maximum atomic E-state index is 12.5. The predicted molar refractivity (Wildman–Crippen MR) is 102 cm³/mol.